The van der Waals surface area contributed by atoms with E-state index < -0.39 is 10.0 Å². The van der Waals surface area contributed by atoms with Crippen molar-refractivity contribution in [3.8, 4) is 0 Å². The molecule has 0 fully saturated rings. The first kappa shape index (κ1) is 17.9. The molecule has 2 aromatic carbocycles. The number of rotatable bonds is 4. The van der Waals surface area contributed by atoms with Gasteiger partial charge in [0.2, 0.25) is 0 Å². The first-order valence-electron chi connectivity index (χ1n) is 9.67. The van der Waals surface area contributed by atoms with E-state index in [0.29, 0.717) is 11.6 Å². The number of nitrogens with zero attached hydrogens (tertiary/aromatic N) is 1. The fourth-order valence-corrected chi connectivity index (χ4v) is 5.44. The van der Waals surface area contributed by atoms with Crippen LogP contribution in [0.3, 0.4) is 0 Å². The summed E-state index contributed by atoms with van der Waals surface area (Å²) in [5.41, 5.74) is 3.71. The molecule has 5 nitrogen and oxygen atoms in total. The molecule has 1 aliphatic heterocycles. The molecule has 0 saturated heterocycles. The number of hydrogen-bond acceptors (Lipinski definition) is 4. The lowest BCUT2D eigenvalue weighted by molar-refractivity contribution is 0.424. The van der Waals surface area contributed by atoms with Gasteiger partial charge in [-0.2, -0.15) is 0 Å². The normalized spacial score (nSPS) is 22.4. The van der Waals surface area contributed by atoms with Gasteiger partial charge in [0.1, 0.15) is 0 Å². The van der Waals surface area contributed by atoms with Crippen LogP contribution in [0.5, 0.6) is 0 Å². The average Bonchev–Trinajstić information content (AvgIpc) is 3.24. The second-order valence-corrected chi connectivity index (χ2v) is 9.16. The van der Waals surface area contributed by atoms with Crippen LogP contribution >= 0.6 is 0 Å². The summed E-state index contributed by atoms with van der Waals surface area (Å²) in [5, 5.41) is 3.62. The Morgan fingerprint density at radius 1 is 1.03 bits per heavy atom. The van der Waals surface area contributed by atoms with Gasteiger partial charge in [0.15, 0.2) is 0 Å². The SMILES string of the molecule is O=S(=O)(Nc1ccccc1)c1ccc2c(c1)C1C=CCC1C(c1cccnc1)N2. The third-order valence-corrected chi connectivity index (χ3v) is 7.09. The number of allylic oxidation sites excluding steroid dienone is 2. The molecule has 5 rings (SSSR count). The van der Waals surface area contributed by atoms with Crippen molar-refractivity contribution in [1.29, 1.82) is 0 Å². The smallest absolute Gasteiger partial charge is 0.261 e. The van der Waals surface area contributed by atoms with Crippen molar-refractivity contribution < 1.29 is 8.42 Å². The third-order valence-electron chi connectivity index (χ3n) is 5.71. The number of aromatic nitrogens is 1. The highest BCUT2D eigenvalue weighted by molar-refractivity contribution is 7.92. The van der Waals surface area contributed by atoms with E-state index in [0.717, 1.165) is 23.2 Å². The van der Waals surface area contributed by atoms with Crippen LogP contribution in [-0.2, 0) is 10.0 Å². The highest BCUT2D eigenvalue weighted by Crippen LogP contribution is 2.50. The Bertz CT molecular complexity index is 1160. The number of benzene rings is 2. The molecule has 29 heavy (non-hydrogen) atoms. The van der Waals surface area contributed by atoms with Gasteiger partial charge in [-0.05, 0) is 59.9 Å². The summed E-state index contributed by atoms with van der Waals surface area (Å²) in [7, 11) is -3.65. The Hall–Kier alpha value is -3.12. The van der Waals surface area contributed by atoms with E-state index in [1.165, 1.54) is 0 Å². The minimum Gasteiger partial charge on any atom is -0.378 e. The number of para-hydroxylation sites is 1. The van der Waals surface area contributed by atoms with E-state index in [-0.39, 0.29) is 16.9 Å². The van der Waals surface area contributed by atoms with Crippen LogP contribution in [0.25, 0.3) is 0 Å². The minimum absolute atomic E-state index is 0.154. The molecule has 3 atom stereocenters. The van der Waals surface area contributed by atoms with Crippen LogP contribution < -0.4 is 10.0 Å². The molecule has 0 spiro atoms. The van der Waals surface area contributed by atoms with Crippen LogP contribution in [0.4, 0.5) is 11.4 Å². The first-order valence-corrected chi connectivity index (χ1v) is 11.1. The van der Waals surface area contributed by atoms with Gasteiger partial charge >= 0.3 is 0 Å². The van der Waals surface area contributed by atoms with E-state index in [4.69, 9.17) is 0 Å². The van der Waals surface area contributed by atoms with Crippen molar-refractivity contribution in [3.05, 3.63) is 96.3 Å². The van der Waals surface area contributed by atoms with Crippen molar-refractivity contribution in [2.75, 3.05) is 10.0 Å². The molecular formula is C23H21N3O2S. The van der Waals surface area contributed by atoms with Gasteiger partial charge in [-0.15, -0.1) is 0 Å². The van der Waals surface area contributed by atoms with Gasteiger partial charge in [0.25, 0.3) is 10.0 Å². The lowest BCUT2D eigenvalue weighted by Gasteiger charge is -2.37. The summed E-state index contributed by atoms with van der Waals surface area (Å²) in [5.74, 6) is 0.523. The van der Waals surface area contributed by atoms with Crippen molar-refractivity contribution in [1.82, 2.24) is 4.98 Å². The first-order chi connectivity index (χ1) is 14.1. The maximum Gasteiger partial charge on any atom is 0.261 e. The van der Waals surface area contributed by atoms with Crippen molar-refractivity contribution >= 4 is 21.4 Å². The Labute approximate surface area is 170 Å². The van der Waals surface area contributed by atoms with Crippen LogP contribution in [-0.4, -0.2) is 13.4 Å². The van der Waals surface area contributed by atoms with Crippen molar-refractivity contribution in [2.45, 2.75) is 23.3 Å². The summed E-state index contributed by atoms with van der Waals surface area (Å²) in [6.45, 7) is 0. The van der Waals surface area contributed by atoms with Crippen molar-refractivity contribution in [2.24, 2.45) is 5.92 Å². The van der Waals surface area contributed by atoms with Crippen LogP contribution in [0.2, 0.25) is 0 Å². The summed E-state index contributed by atoms with van der Waals surface area (Å²) in [4.78, 5) is 4.55. The molecule has 146 valence electrons. The summed E-state index contributed by atoms with van der Waals surface area (Å²) < 4.78 is 28.5. The fraction of sp³-hybridized carbons (Fsp3) is 0.174. The monoisotopic (exact) mass is 403 g/mol. The van der Waals surface area contributed by atoms with Gasteiger partial charge in [0.05, 0.1) is 10.9 Å². The topological polar surface area (TPSA) is 71.1 Å². The van der Waals surface area contributed by atoms with Crippen LogP contribution in [0, 0.1) is 5.92 Å². The molecule has 1 aliphatic carbocycles. The van der Waals surface area contributed by atoms with Crippen LogP contribution in [0.1, 0.15) is 29.5 Å². The zero-order chi connectivity index (χ0) is 19.8. The number of nitrogens with one attached hydrogen (secondary N) is 2. The molecule has 6 heteroatoms. The largest absolute Gasteiger partial charge is 0.378 e. The number of pyridine rings is 1. The Kier molecular flexibility index (Phi) is 4.36. The van der Waals surface area contributed by atoms with Gasteiger partial charge in [-0.25, -0.2) is 8.42 Å². The molecule has 2 heterocycles. The number of sulfonamides is 1. The maximum atomic E-state index is 12.9. The lowest BCUT2D eigenvalue weighted by Crippen LogP contribution is -2.29. The summed E-state index contributed by atoms with van der Waals surface area (Å²) in [6, 6.07) is 18.5. The van der Waals surface area contributed by atoms with Crippen LogP contribution in [0.15, 0.2) is 90.1 Å². The molecule has 0 amide bonds. The lowest BCUT2D eigenvalue weighted by atomic mass is 9.77. The molecule has 1 aromatic heterocycles. The van der Waals surface area contributed by atoms with E-state index in [1.54, 1.807) is 42.6 Å². The molecule has 3 unspecified atom stereocenters. The fourth-order valence-electron chi connectivity index (χ4n) is 4.35. The van der Waals surface area contributed by atoms with Gasteiger partial charge in [0, 0.05) is 29.7 Å². The number of fused-ring (bicyclic) bond motifs is 3. The van der Waals surface area contributed by atoms with Crippen molar-refractivity contribution in [3.63, 3.8) is 0 Å². The molecule has 2 N–H and O–H groups in total. The molecule has 0 saturated carbocycles. The molecule has 3 aromatic rings. The van der Waals surface area contributed by atoms with E-state index >= 15 is 0 Å². The highest BCUT2D eigenvalue weighted by Gasteiger charge is 2.38. The Balaban J connectivity index is 1.51. The molecular weight excluding hydrogens is 382 g/mol. The molecule has 2 aliphatic rings. The average molecular weight is 404 g/mol. The Morgan fingerprint density at radius 2 is 1.90 bits per heavy atom. The highest BCUT2D eigenvalue weighted by atomic mass is 32.2. The predicted octanol–water partition coefficient (Wildman–Crippen LogP) is 4.71. The second kappa shape index (κ2) is 7.04. The molecule has 0 radical (unpaired) electrons. The minimum atomic E-state index is -3.65. The maximum absolute atomic E-state index is 12.9. The quantitative estimate of drug-likeness (QED) is 0.619. The van der Waals surface area contributed by atoms with E-state index in [2.05, 4.69) is 33.2 Å². The van der Waals surface area contributed by atoms with Gasteiger partial charge in [-0.3, -0.25) is 9.71 Å². The second-order valence-electron chi connectivity index (χ2n) is 7.48. The Morgan fingerprint density at radius 3 is 2.69 bits per heavy atom. The van der Waals surface area contributed by atoms with E-state index in [1.807, 2.05) is 24.4 Å². The van der Waals surface area contributed by atoms with Gasteiger partial charge in [-0.1, -0.05) is 36.4 Å². The van der Waals surface area contributed by atoms with Gasteiger partial charge < -0.3 is 5.32 Å². The number of anilines is 2. The molecule has 0 bridgehead atoms. The third kappa shape index (κ3) is 3.29. The zero-order valence-corrected chi connectivity index (χ0v) is 16.5. The zero-order valence-electron chi connectivity index (χ0n) is 15.7. The predicted molar refractivity (Wildman–Crippen MR) is 114 cm³/mol. The summed E-state index contributed by atoms with van der Waals surface area (Å²) >= 11 is 0. The summed E-state index contributed by atoms with van der Waals surface area (Å²) in [6.07, 6.45) is 9.03. The van der Waals surface area contributed by atoms with E-state index in [9.17, 15) is 8.42 Å². The standard InChI is InChI=1S/C23H21N3O2S/c27-29(28,26-17-7-2-1-3-8-17)18-11-12-22-21(14-18)19-9-4-10-20(19)23(25-22)16-6-5-13-24-15-16/h1-9,11-15,19-20,23,25-26H,10H2. The number of hydrogen-bond donors (Lipinski definition) is 2.